The highest BCUT2D eigenvalue weighted by molar-refractivity contribution is 5.79. The third-order valence-corrected chi connectivity index (χ3v) is 3.77. The van der Waals surface area contributed by atoms with Crippen LogP contribution in [0.5, 0.6) is 0 Å². The molecule has 0 aliphatic heterocycles. The van der Waals surface area contributed by atoms with Crippen LogP contribution in [0, 0.1) is 0 Å². The first kappa shape index (κ1) is 12.8. The lowest BCUT2D eigenvalue weighted by molar-refractivity contribution is 0.833. The first-order valence-electron chi connectivity index (χ1n) is 7.31. The Labute approximate surface area is 128 Å². The van der Waals surface area contributed by atoms with Gasteiger partial charge in [-0.2, -0.15) is 0 Å². The van der Waals surface area contributed by atoms with E-state index in [-0.39, 0.29) is 0 Å². The van der Waals surface area contributed by atoms with Crippen LogP contribution < -0.4 is 0 Å². The third-order valence-electron chi connectivity index (χ3n) is 3.77. The molecular weight excluding hydrogens is 270 g/mol. The van der Waals surface area contributed by atoms with Crippen molar-refractivity contribution in [2.45, 2.75) is 6.54 Å². The standard InChI is InChI=1S/C19H15N3/c1-3-7-15(8-4-1)14-22-18-13-20-12-11-17(18)21-19(22)16-9-5-2-6-10-16/h1-13H,14H2. The van der Waals surface area contributed by atoms with Crippen molar-refractivity contribution in [2.24, 2.45) is 0 Å². The summed E-state index contributed by atoms with van der Waals surface area (Å²) >= 11 is 0. The van der Waals surface area contributed by atoms with E-state index in [4.69, 9.17) is 4.98 Å². The van der Waals surface area contributed by atoms with Crippen LogP contribution in [0.2, 0.25) is 0 Å². The summed E-state index contributed by atoms with van der Waals surface area (Å²) in [5.41, 5.74) is 4.41. The highest BCUT2D eigenvalue weighted by Crippen LogP contribution is 2.25. The van der Waals surface area contributed by atoms with Crippen molar-refractivity contribution in [1.82, 2.24) is 14.5 Å². The van der Waals surface area contributed by atoms with E-state index in [1.54, 1.807) is 6.20 Å². The molecular formula is C19H15N3. The average molecular weight is 285 g/mol. The van der Waals surface area contributed by atoms with Gasteiger partial charge in [0.05, 0.1) is 17.2 Å². The predicted molar refractivity (Wildman–Crippen MR) is 88.5 cm³/mol. The van der Waals surface area contributed by atoms with Crippen LogP contribution in [0.15, 0.2) is 79.1 Å². The van der Waals surface area contributed by atoms with E-state index >= 15 is 0 Å². The zero-order chi connectivity index (χ0) is 14.8. The first-order chi connectivity index (χ1) is 10.9. The minimum absolute atomic E-state index is 0.785. The number of pyridine rings is 1. The first-order valence-corrected chi connectivity index (χ1v) is 7.31. The molecule has 0 atom stereocenters. The van der Waals surface area contributed by atoms with Crippen molar-refractivity contribution in [2.75, 3.05) is 0 Å². The zero-order valence-electron chi connectivity index (χ0n) is 12.1. The van der Waals surface area contributed by atoms with Crippen LogP contribution in [0.25, 0.3) is 22.4 Å². The maximum absolute atomic E-state index is 4.80. The SMILES string of the molecule is c1ccc(Cn2c(-c3ccccc3)nc3ccncc32)cc1. The lowest BCUT2D eigenvalue weighted by Crippen LogP contribution is -2.02. The Morgan fingerprint density at radius 3 is 2.32 bits per heavy atom. The molecule has 0 aliphatic carbocycles. The number of rotatable bonds is 3. The molecule has 22 heavy (non-hydrogen) atoms. The Kier molecular flexibility index (Phi) is 3.16. The fraction of sp³-hybridized carbons (Fsp3) is 0.0526. The number of hydrogen-bond acceptors (Lipinski definition) is 2. The summed E-state index contributed by atoms with van der Waals surface area (Å²) < 4.78 is 2.23. The number of aromatic nitrogens is 3. The number of fused-ring (bicyclic) bond motifs is 1. The zero-order valence-corrected chi connectivity index (χ0v) is 12.1. The molecule has 0 saturated heterocycles. The molecule has 0 saturated carbocycles. The number of nitrogens with zero attached hydrogens (tertiary/aromatic N) is 3. The molecule has 4 rings (SSSR count). The van der Waals surface area contributed by atoms with Crippen LogP contribution in [0.4, 0.5) is 0 Å². The molecule has 2 aromatic heterocycles. The fourth-order valence-corrected chi connectivity index (χ4v) is 2.70. The van der Waals surface area contributed by atoms with E-state index in [1.807, 2.05) is 36.5 Å². The molecule has 0 spiro atoms. The van der Waals surface area contributed by atoms with E-state index < -0.39 is 0 Å². The molecule has 0 N–H and O–H groups in total. The van der Waals surface area contributed by atoms with Gasteiger partial charge in [-0.15, -0.1) is 0 Å². The number of benzene rings is 2. The predicted octanol–water partition coefficient (Wildman–Crippen LogP) is 4.15. The Hall–Kier alpha value is -2.94. The van der Waals surface area contributed by atoms with Gasteiger partial charge in [0.1, 0.15) is 5.82 Å². The van der Waals surface area contributed by atoms with Gasteiger partial charge >= 0.3 is 0 Å². The quantitative estimate of drug-likeness (QED) is 0.566. The van der Waals surface area contributed by atoms with Crippen LogP contribution in [-0.2, 0) is 6.54 Å². The van der Waals surface area contributed by atoms with Crippen LogP contribution in [0.1, 0.15) is 5.56 Å². The Bertz CT molecular complexity index is 896. The van der Waals surface area contributed by atoms with E-state index in [2.05, 4.69) is 45.9 Å². The van der Waals surface area contributed by atoms with E-state index in [0.717, 1.165) is 29.0 Å². The van der Waals surface area contributed by atoms with Gasteiger partial charge in [-0.05, 0) is 11.6 Å². The summed E-state index contributed by atoms with van der Waals surface area (Å²) in [6.07, 6.45) is 3.68. The minimum atomic E-state index is 0.785. The molecule has 0 radical (unpaired) electrons. The molecule has 0 unspecified atom stereocenters. The Morgan fingerprint density at radius 2 is 1.55 bits per heavy atom. The molecule has 0 bridgehead atoms. The second-order valence-electron chi connectivity index (χ2n) is 5.24. The maximum atomic E-state index is 4.80. The van der Waals surface area contributed by atoms with Crippen LogP contribution in [-0.4, -0.2) is 14.5 Å². The highest BCUT2D eigenvalue weighted by atomic mass is 15.1. The molecule has 0 fully saturated rings. The van der Waals surface area contributed by atoms with Crippen LogP contribution in [0.3, 0.4) is 0 Å². The maximum Gasteiger partial charge on any atom is 0.141 e. The third kappa shape index (κ3) is 2.27. The normalized spacial score (nSPS) is 10.9. The van der Waals surface area contributed by atoms with Gasteiger partial charge in [0.15, 0.2) is 0 Å². The summed E-state index contributed by atoms with van der Waals surface area (Å²) in [7, 11) is 0. The molecule has 2 heterocycles. The average Bonchev–Trinajstić information content (AvgIpc) is 2.95. The topological polar surface area (TPSA) is 30.7 Å². The minimum Gasteiger partial charge on any atom is -0.318 e. The monoisotopic (exact) mass is 285 g/mol. The number of imidazole rings is 1. The van der Waals surface area contributed by atoms with Crippen LogP contribution >= 0.6 is 0 Å². The van der Waals surface area contributed by atoms with Gasteiger partial charge in [0.25, 0.3) is 0 Å². The molecule has 0 amide bonds. The van der Waals surface area contributed by atoms with Gasteiger partial charge in [0.2, 0.25) is 0 Å². The molecule has 2 aromatic carbocycles. The van der Waals surface area contributed by atoms with Crippen molar-refractivity contribution in [3.05, 3.63) is 84.7 Å². The van der Waals surface area contributed by atoms with Gasteiger partial charge in [-0.3, -0.25) is 4.98 Å². The largest absolute Gasteiger partial charge is 0.318 e. The Morgan fingerprint density at radius 1 is 0.818 bits per heavy atom. The Balaban J connectivity index is 1.91. The smallest absolute Gasteiger partial charge is 0.141 e. The second kappa shape index (κ2) is 5.45. The molecule has 3 nitrogen and oxygen atoms in total. The van der Waals surface area contributed by atoms with E-state index in [1.165, 1.54) is 5.56 Å². The summed E-state index contributed by atoms with van der Waals surface area (Å²) in [5, 5.41) is 0. The second-order valence-corrected chi connectivity index (χ2v) is 5.24. The summed E-state index contributed by atoms with van der Waals surface area (Å²) in [6, 6.07) is 22.7. The lowest BCUT2D eigenvalue weighted by atomic mass is 10.2. The van der Waals surface area contributed by atoms with E-state index in [9.17, 15) is 0 Å². The highest BCUT2D eigenvalue weighted by Gasteiger charge is 2.12. The van der Waals surface area contributed by atoms with Gasteiger partial charge in [-0.25, -0.2) is 4.98 Å². The molecule has 0 aliphatic rings. The van der Waals surface area contributed by atoms with Gasteiger partial charge in [-0.1, -0.05) is 60.7 Å². The molecule has 3 heteroatoms. The molecule has 106 valence electrons. The summed E-state index contributed by atoms with van der Waals surface area (Å²) in [5.74, 6) is 0.979. The molecule has 4 aromatic rings. The van der Waals surface area contributed by atoms with E-state index in [0.29, 0.717) is 0 Å². The van der Waals surface area contributed by atoms with Crippen molar-refractivity contribution in [3.8, 4) is 11.4 Å². The lowest BCUT2D eigenvalue weighted by Gasteiger charge is -2.09. The van der Waals surface area contributed by atoms with Crippen molar-refractivity contribution in [1.29, 1.82) is 0 Å². The number of hydrogen-bond donors (Lipinski definition) is 0. The summed E-state index contributed by atoms with van der Waals surface area (Å²) in [4.78, 5) is 9.06. The fourth-order valence-electron chi connectivity index (χ4n) is 2.70. The van der Waals surface area contributed by atoms with Crippen molar-refractivity contribution >= 4 is 11.0 Å². The summed E-state index contributed by atoms with van der Waals surface area (Å²) in [6.45, 7) is 0.785. The van der Waals surface area contributed by atoms with Crippen molar-refractivity contribution < 1.29 is 0 Å². The van der Waals surface area contributed by atoms with Gasteiger partial charge < -0.3 is 4.57 Å². The van der Waals surface area contributed by atoms with Crippen molar-refractivity contribution in [3.63, 3.8) is 0 Å². The van der Waals surface area contributed by atoms with Gasteiger partial charge in [0, 0.05) is 18.3 Å².